The Bertz CT molecular complexity index is 1460. The lowest BCUT2D eigenvalue weighted by Crippen LogP contribution is -2.27. The zero-order chi connectivity index (χ0) is 42.0. The summed E-state index contributed by atoms with van der Waals surface area (Å²) < 4.78 is 24.5. The van der Waals surface area contributed by atoms with Gasteiger partial charge in [0.1, 0.15) is 23.7 Å². The first-order chi connectivity index (χ1) is 29.6. The molecule has 0 heterocycles. The van der Waals surface area contributed by atoms with E-state index in [-0.39, 0.29) is 37.4 Å². The van der Waals surface area contributed by atoms with E-state index in [0.29, 0.717) is 11.5 Å². The Morgan fingerprint density at radius 3 is 1.00 bits per heavy atom. The molecule has 0 radical (unpaired) electrons. The normalized spacial score (nSPS) is 19.4. The number of carbonyl (C=O) groups excluding carboxylic acids is 2. The van der Waals surface area contributed by atoms with Crippen LogP contribution in [-0.4, -0.2) is 37.4 Å². The highest BCUT2D eigenvalue weighted by Crippen LogP contribution is 2.43. The summed E-state index contributed by atoms with van der Waals surface area (Å²) in [5.41, 5.74) is 0. The van der Waals surface area contributed by atoms with Gasteiger partial charge in [-0.05, 0) is 63.2 Å². The van der Waals surface area contributed by atoms with Gasteiger partial charge in [0, 0.05) is 21.5 Å². The van der Waals surface area contributed by atoms with Gasteiger partial charge in [0.2, 0.25) is 0 Å². The second-order valence-corrected chi connectivity index (χ2v) is 18.5. The molecule has 6 heteroatoms. The summed E-state index contributed by atoms with van der Waals surface area (Å²) in [5.74, 6) is 2.13. The summed E-state index contributed by atoms with van der Waals surface area (Å²) in [7, 11) is 0. The van der Waals surface area contributed by atoms with Crippen LogP contribution in [0.3, 0.4) is 0 Å². The number of rotatable bonds is 30. The third-order valence-electron chi connectivity index (χ3n) is 13.6. The predicted molar refractivity (Wildman–Crippen MR) is 249 cm³/mol. The lowest BCUT2D eigenvalue weighted by Gasteiger charge is -2.28. The molecule has 2 aliphatic rings. The van der Waals surface area contributed by atoms with Gasteiger partial charge < -0.3 is 18.9 Å². The maximum atomic E-state index is 13.1. The number of hydrogen-bond donors (Lipinski definition) is 0. The smallest absolute Gasteiger partial charge is 0.344 e. The van der Waals surface area contributed by atoms with Crippen LogP contribution in [0, 0.1) is 11.8 Å². The standard InChI is InChI=1S/C54H82O6/c1-3-5-7-9-11-13-15-17-19-21-27-43-33-37-45(38-34-43)59-51(55)41-57-53-47-29-23-25-31-49(47)54(50-32-26-24-30-48(50)53)58-42-52(56)60-46-39-35-44(36-40-46)28-22-20-18-16-14-12-10-8-6-4-2/h23-26,29-32,43-46H,3-22,27-28,33-42H2,1-2H3. The third kappa shape index (κ3) is 16.9. The van der Waals surface area contributed by atoms with Gasteiger partial charge in [-0.15, -0.1) is 0 Å². The summed E-state index contributed by atoms with van der Waals surface area (Å²) in [6.07, 6.45) is 38.4. The monoisotopic (exact) mass is 827 g/mol. The summed E-state index contributed by atoms with van der Waals surface area (Å²) in [5, 5.41) is 3.34. The Balaban J connectivity index is 1.01. The molecule has 2 aliphatic carbocycles. The molecule has 0 N–H and O–H groups in total. The van der Waals surface area contributed by atoms with Crippen LogP contribution in [0.4, 0.5) is 0 Å². The Morgan fingerprint density at radius 2 is 0.700 bits per heavy atom. The summed E-state index contributed by atoms with van der Waals surface area (Å²) in [4.78, 5) is 26.3. The van der Waals surface area contributed by atoms with E-state index in [4.69, 9.17) is 18.9 Å². The molecule has 0 atom stereocenters. The first kappa shape index (κ1) is 47.8. The minimum atomic E-state index is -0.322. The zero-order valence-corrected chi connectivity index (χ0v) is 38.0. The number of carbonyl (C=O) groups is 2. The molecule has 0 bridgehead atoms. The molecule has 3 aromatic carbocycles. The van der Waals surface area contributed by atoms with Gasteiger partial charge in [0.05, 0.1) is 0 Å². The minimum Gasteiger partial charge on any atom is -0.481 e. The van der Waals surface area contributed by atoms with Crippen LogP contribution < -0.4 is 9.47 Å². The van der Waals surface area contributed by atoms with E-state index >= 15 is 0 Å². The van der Waals surface area contributed by atoms with Crippen molar-refractivity contribution in [2.24, 2.45) is 11.8 Å². The fourth-order valence-corrected chi connectivity index (χ4v) is 9.98. The number of ether oxygens (including phenoxy) is 4. The predicted octanol–water partition coefficient (Wildman–Crippen LogP) is 15.6. The number of benzene rings is 3. The molecule has 0 unspecified atom stereocenters. The molecule has 3 aromatic rings. The summed E-state index contributed by atoms with van der Waals surface area (Å²) in [6, 6.07) is 15.8. The van der Waals surface area contributed by atoms with Crippen LogP contribution in [0.1, 0.15) is 206 Å². The minimum absolute atomic E-state index is 0.0292. The Hall–Kier alpha value is -3.28. The van der Waals surface area contributed by atoms with E-state index in [2.05, 4.69) is 13.8 Å². The van der Waals surface area contributed by atoms with Gasteiger partial charge in [-0.25, -0.2) is 9.59 Å². The molecular formula is C54H82O6. The largest absolute Gasteiger partial charge is 0.481 e. The molecule has 2 fully saturated rings. The highest BCUT2D eigenvalue weighted by Gasteiger charge is 2.26. The Morgan fingerprint density at radius 1 is 0.417 bits per heavy atom. The molecule has 2 saturated carbocycles. The maximum Gasteiger partial charge on any atom is 0.344 e. The van der Waals surface area contributed by atoms with Gasteiger partial charge in [-0.3, -0.25) is 0 Å². The fraction of sp³-hybridized carbons (Fsp3) is 0.704. The van der Waals surface area contributed by atoms with Crippen molar-refractivity contribution in [1.29, 1.82) is 0 Å². The number of unbranched alkanes of at least 4 members (excludes halogenated alkanes) is 18. The van der Waals surface area contributed by atoms with Gasteiger partial charge in [0.15, 0.2) is 13.2 Å². The quantitative estimate of drug-likeness (QED) is 0.0379. The molecule has 60 heavy (non-hydrogen) atoms. The Kier molecular flexibility index (Phi) is 22.6. The van der Waals surface area contributed by atoms with E-state index in [0.717, 1.165) is 84.7 Å². The number of esters is 2. The van der Waals surface area contributed by atoms with Crippen LogP contribution in [0.25, 0.3) is 21.5 Å². The van der Waals surface area contributed by atoms with Crippen molar-refractivity contribution in [2.75, 3.05) is 13.2 Å². The lowest BCUT2D eigenvalue weighted by molar-refractivity contribution is -0.154. The average molecular weight is 827 g/mol. The van der Waals surface area contributed by atoms with Gasteiger partial charge in [0.25, 0.3) is 0 Å². The van der Waals surface area contributed by atoms with E-state index in [1.54, 1.807) is 0 Å². The molecule has 0 aliphatic heterocycles. The lowest BCUT2D eigenvalue weighted by atomic mass is 9.84. The van der Waals surface area contributed by atoms with Crippen LogP contribution in [-0.2, 0) is 19.1 Å². The van der Waals surface area contributed by atoms with Crippen molar-refractivity contribution in [3.05, 3.63) is 48.5 Å². The molecule has 6 nitrogen and oxygen atoms in total. The highest BCUT2D eigenvalue weighted by atomic mass is 16.6. The summed E-state index contributed by atoms with van der Waals surface area (Å²) >= 11 is 0. The molecular weight excluding hydrogens is 745 g/mol. The average Bonchev–Trinajstić information content (AvgIpc) is 3.27. The number of hydrogen-bond acceptors (Lipinski definition) is 6. The third-order valence-corrected chi connectivity index (χ3v) is 13.6. The topological polar surface area (TPSA) is 71.1 Å². The second-order valence-electron chi connectivity index (χ2n) is 18.5. The molecule has 0 spiro atoms. The molecule has 0 aromatic heterocycles. The van der Waals surface area contributed by atoms with Crippen molar-refractivity contribution in [1.82, 2.24) is 0 Å². The second kappa shape index (κ2) is 28.3. The fourth-order valence-electron chi connectivity index (χ4n) is 9.98. The first-order valence-corrected chi connectivity index (χ1v) is 25.1. The first-order valence-electron chi connectivity index (χ1n) is 25.1. The van der Waals surface area contributed by atoms with Gasteiger partial charge >= 0.3 is 11.9 Å². The van der Waals surface area contributed by atoms with Crippen molar-refractivity contribution >= 4 is 33.5 Å². The molecule has 5 rings (SSSR count). The molecule has 0 saturated heterocycles. The van der Waals surface area contributed by atoms with E-state index < -0.39 is 0 Å². The van der Waals surface area contributed by atoms with Crippen molar-refractivity contribution in [3.63, 3.8) is 0 Å². The van der Waals surface area contributed by atoms with Crippen LogP contribution in [0.15, 0.2) is 48.5 Å². The van der Waals surface area contributed by atoms with Crippen LogP contribution in [0.2, 0.25) is 0 Å². The van der Waals surface area contributed by atoms with E-state index in [1.807, 2.05) is 48.5 Å². The Labute approximate surface area is 364 Å². The van der Waals surface area contributed by atoms with Crippen LogP contribution >= 0.6 is 0 Å². The van der Waals surface area contributed by atoms with Crippen molar-refractivity contribution in [3.8, 4) is 11.5 Å². The molecule has 334 valence electrons. The van der Waals surface area contributed by atoms with Crippen molar-refractivity contribution < 1.29 is 28.5 Å². The number of fused-ring (bicyclic) bond motifs is 2. The van der Waals surface area contributed by atoms with E-state index in [9.17, 15) is 9.59 Å². The molecule has 0 amide bonds. The van der Waals surface area contributed by atoms with Crippen molar-refractivity contribution in [2.45, 2.75) is 219 Å². The van der Waals surface area contributed by atoms with Crippen LogP contribution in [0.5, 0.6) is 11.5 Å². The maximum absolute atomic E-state index is 13.1. The van der Waals surface area contributed by atoms with Gasteiger partial charge in [-0.1, -0.05) is 204 Å². The van der Waals surface area contributed by atoms with Gasteiger partial charge in [-0.2, -0.15) is 0 Å². The SMILES string of the molecule is CCCCCCCCCCCCC1CCC(OC(=O)COc2c3ccccc3c(OCC(=O)OC3CCC(CCCCCCCCCCCC)CC3)c3ccccc23)CC1. The highest BCUT2D eigenvalue weighted by molar-refractivity contribution is 6.11. The zero-order valence-electron chi connectivity index (χ0n) is 38.0. The summed E-state index contributed by atoms with van der Waals surface area (Å²) in [6.45, 7) is 4.26. The van der Waals surface area contributed by atoms with E-state index in [1.165, 1.54) is 141 Å².